The van der Waals surface area contributed by atoms with E-state index in [-0.39, 0.29) is 23.0 Å². The SMILES string of the molecule is COc1cccc(CN(Cc2ccc(C(O)(c3cccc(F)c3)c3cccc(F)c3)o2)C[C@H]2CCCO2)c1. The van der Waals surface area contributed by atoms with Crippen molar-refractivity contribution in [3.63, 3.8) is 0 Å². The third-order valence-corrected chi connectivity index (χ3v) is 6.91. The van der Waals surface area contributed by atoms with Crippen LogP contribution in [0.1, 0.15) is 41.1 Å². The van der Waals surface area contributed by atoms with E-state index in [4.69, 9.17) is 13.9 Å². The molecule has 0 unspecified atom stereocenters. The van der Waals surface area contributed by atoms with Crippen LogP contribution in [0.25, 0.3) is 0 Å². The van der Waals surface area contributed by atoms with Crippen LogP contribution >= 0.6 is 0 Å². The predicted octanol–water partition coefficient (Wildman–Crippen LogP) is 6.03. The minimum absolute atomic E-state index is 0.131. The molecule has 0 amide bonds. The van der Waals surface area contributed by atoms with Crippen LogP contribution in [-0.4, -0.2) is 36.4 Å². The molecule has 5 nitrogen and oxygen atoms in total. The number of benzene rings is 3. The number of hydrogen-bond donors (Lipinski definition) is 1. The minimum Gasteiger partial charge on any atom is -0.497 e. The van der Waals surface area contributed by atoms with E-state index >= 15 is 0 Å². The Labute approximate surface area is 221 Å². The lowest BCUT2D eigenvalue weighted by Crippen LogP contribution is -2.31. The molecule has 4 aromatic rings. The normalized spacial score (nSPS) is 15.8. The maximum Gasteiger partial charge on any atom is 0.173 e. The van der Waals surface area contributed by atoms with E-state index in [9.17, 15) is 13.9 Å². The lowest BCUT2D eigenvalue weighted by Gasteiger charge is -2.28. The van der Waals surface area contributed by atoms with Gasteiger partial charge in [-0.3, -0.25) is 4.90 Å². The summed E-state index contributed by atoms with van der Waals surface area (Å²) in [6, 6.07) is 22.7. The van der Waals surface area contributed by atoms with E-state index < -0.39 is 17.2 Å². The van der Waals surface area contributed by atoms with Crippen LogP contribution in [-0.2, 0) is 23.4 Å². The van der Waals surface area contributed by atoms with E-state index in [1.807, 2.05) is 24.3 Å². The number of ether oxygens (including phenoxy) is 2. The van der Waals surface area contributed by atoms with E-state index in [1.165, 1.54) is 36.4 Å². The quantitative estimate of drug-likeness (QED) is 0.277. The van der Waals surface area contributed by atoms with Gasteiger partial charge in [0.05, 0.1) is 19.8 Å². The molecule has 0 saturated carbocycles. The molecule has 1 N–H and O–H groups in total. The molecule has 0 bridgehead atoms. The molecular weight excluding hydrogens is 488 g/mol. The van der Waals surface area contributed by atoms with Crippen LogP contribution in [0.5, 0.6) is 5.75 Å². The molecule has 1 saturated heterocycles. The average Bonchev–Trinajstić information content (AvgIpc) is 3.61. The topological polar surface area (TPSA) is 55.1 Å². The third-order valence-electron chi connectivity index (χ3n) is 6.91. The van der Waals surface area contributed by atoms with Crippen molar-refractivity contribution in [2.45, 2.75) is 37.6 Å². The number of methoxy groups -OCH3 is 1. The molecular formula is C31H31F2NO4. The van der Waals surface area contributed by atoms with Crippen molar-refractivity contribution in [2.75, 3.05) is 20.3 Å². The van der Waals surface area contributed by atoms with Crippen LogP contribution in [0.4, 0.5) is 8.78 Å². The van der Waals surface area contributed by atoms with Crippen molar-refractivity contribution in [1.82, 2.24) is 4.90 Å². The van der Waals surface area contributed by atoms with Gasteiger partial charge >= 0.3 is 0 Å². The first-order valence-corrected chi connectivity index (χ1v) is 12.7. The Morgan fingerprint density at radius 3 is 2.26 bits per heavy atom. The fourth-order valence-corrected chi connectivity index (χ4v) is 5.05. The van der Waals surface area contributed by atoms with Gasteiger partial charge in [0.25, 0.3) is 0 Å². The maximum absolute atomic E-state index is 14.2. The summed E-state index contributed by atoms with van der Waals surface area (Å²) in [7, 11) is 1.64. The lowest BCUT2D eigenvalue weighted by molar-refractivity contribution is 0.0629. The van der Waals surface area contributed by atoms with Crippen molar-refractivity contribution in [3.05, 3.63) is 125 Å². The van der Waals surface area contributed by atoms with Gasteiger partial charge in [-0.25, -0.2) is 8.78 Å². The Morgan fingerprint density at radius 2 is 1.63 bits per heavy atom. The second kappa shape index (κ2) is 11.5. The molecule has 0 radical (unpaired) electrons. The number of aliphatic hydroxyl groups is 1. The Morgan fingerprint density at radius 1 is 0.921 bits per heavy atom. The molecule has 1 aliphatic rings. The Balaban J connectivity index is 1.46. The number of halogens is 2. The smallest absolute Gasteiger partial charge is 0.173 e. The number of furan rings is 1. The van der Waals surface area contributed by atoms with Gasteiger partial charge in [0.1, 0.15) is 28.9 Å². The molecule has 0 spiro atoms. The molecule has 2 heterocycles. The summed E-state index contributed by atoms with van der Waals surface area (Å²) in [5, 5.41) is 12.0. The maximum atomic E-state index is 14.2. The zero-order valence-corrected chi connectivity index (χ0v) is 21.3. The zero-order chi connectivity index (χ0) is 26.5. The standard InChI is InChI=1S/C31H31F2NO4/c1-36-27-11-2-6-22(16-27)19-34(20-28-12-5-15-37-28)21-29-13-14-30(38-29)31(35,23-7-3-9-25(32)17-23)24-8-4-10-26(33)18-24/h2-4,6-11,13-14,16-18,28,35H,5,12,15,19-21H2,1H3/t28-/m1/s1. The molecule has 7 heteroatoms. The lowest BCUT2D eigenvalue weighted by atomic mass is 9.84. The highest BCUT2D eigenvalue weighted by molar-refractivity contribution is 5.44. The van der Waals surface area contributed by atoms with Crippen molar-refractivity contribution < 1.29 is 27.8 Å². The first kappa shape index (κ1) is 26.1. The van der Waals surface area contributed by atoms with Crippen LogP contribution in [0.3, 0.4) is 0 Å². The largest absolute Gasteiger partial charge is 0.497 e. The van der Waals surface area contributed by atoms with Crippen molar-refractivity contribution in [1.29, 1.82) is 0 Å². The van der Waals surface area contributed by atoms with Gasteiger partial charge in [-0.1, -0.05) is 36.4 Å². The average molecular weight is 520 g/mol. The summed E-state index contributed by atoms with van der Waals surface area (Å²) in [4.78, 5) is 2.23. The molecule has 1 aliphatic heterocycles. The number of nitrogens with zero attached hydrogens (tertiary/aromatic N) is 1. The summed E-state index contributed by atoms with van der Waals surface area (Å²) in [6.07, 6.45) is 2.17. The monoisotopic (exact) mass is 519 g/mol. The molecule has 1 fully saturated rings. The molecule has 1 aromatic heterocycles. The fraction of sp³-hybridized carbons (Fsp3) is 0.290. The number of rotatable bonds is 10. The van der Waals surface area contributed by atoms with Crippen molar-refractivity contribution in [3.8, 4) is 5.75 Å². The highest BCUT2D eigenvalue weighted by atomic mass is 19.1. The van der Waals surface area contributed by atoms with Crippen LogP contribution in [0.15, 0.2) is 89.3 Å². The number of hydrogen-bond acceptors (Lipinski definition) is 5. The van der Waals surface area contributed by atoms with Gasteiger partial charge in [-0.15, -0.1) is 0 Å². The predicted molar refractivity (Wildman–Crippen MR) is 140 cm³/mol. The third kappa shape index (κ3) is 5.80. The van der Waals surface area contributed by atoms with Gasteiger partial charge in [-0.05, 0) is 78.1 Å². The zero-order valence-electron chi connectivity index (χ0n) is 21.3. The van der Waals surface area contributed by atoms with Crippen LogP contribution in [0, 0.1) is 11.6 Å². The minimum atomic E-state index is -1.88. The van der Waals surface area contributed by atoms with Gasteiger partial charge in [0.2, 0.25) is 0 Å². The van der Waals surface area contributed by atoms with Crippen molar-refractivity contribution in [2.24, 2.45) is 0 Å². The van der Waals surface area contributed by atoms with E-state index in [1.54, 1.807) is 31.4 Å². The molecule has 1 atom stereocenters. The summed E-state index contributed by atoms with van der Waals surface area (Å²) >= 11 is 0. The second-order valence-electron chi connectivity index (χ2n) is 9.65. The summed E-state index contributed by atoms with van der Waals surface area (Å²) in [5.74, 6) is 0.569. The van der Waals surface area contributed by atoms with Crippen LogP contribution < -0.4 is 4.74 Å². The summed E-state index contributed by atoms with van der Waals surface area (Å²) in [5.41, 5.74) is -0.299. The Kier molecular flexibility index (Phi) is 7.88. The van der Waals surface area contributed by atoms with Crippen LogP contribution in [0.2, 0.25) is 0 Å². The fourth-order valence-electron chi connectivity index (χ4n) is 5.05. The van der Waals surface area contributed by atoms with Gasteiger partial charge < -0.3 is 19.0 Å². The van der Waals surface area contributed by atoms with Gasteiger partial charge in [0, 0.05) is 19.7 Å². The first-order chi connectivity index (χ1) is 18.4. The molecule has 198 valence electrons. The van der Waals surface area contributed by atoms with Gasteiger partial charge in [-0.2, -0.15) is 0 Å². The summed E-state index contributed by atoms with van der Waals surface area (Å²) < 4.78 is 45.9. The molecule has 5 rings (SSSR count). The highest BCUT2D eigenvalue weighted by Crippen LogP contribution is 2.38. The molecule has 3 aromatic carbocycles. The van der Waals surface area contributed by atoms with E-state index in [0.29, 0.717) is 25.4 Å². The van der Waals surface area contributed by atoms with E-state index in [0.717, 1.165) is 30.8 Å². The Hall–Kier alpha value is -3.52. The summed E-state index contributed by atoms with van der Waals surface area (Å²) in [6.45, 7) is 2.58. The highest BCUT2D eigenvalue weighted by Gasteiger charge is 2.38. The Bertz CT molecular complexity index is 1320. The van der Waals surface area contributed by atoms with Crippen molar-refractivity contribution >= 4 is 0 Å². The second-order valence-corrected chi connectivity index (χ2v) is 9.65. The molecule has 0 aliphatic carbocycles. The van der Waals surface area contributed by atoms with Gasteiger partial charge in [0.15, 0.2) is 5.60 Å². The first-order valence-electron chi connectivity index (χ1n) is 12.7. The van der Waals surface area contributed by atoms with E-state index in [2.05, 4.69) is 4.90 Å². The molecule has 38 heavy (non-hydrogen) atoms.